The van der Waals surface area contributed by atoms with Crippen LogP contribution in [-0.4, -0.2) is 17.0 Å². The second kappa shape index (κ2) is 5.18. The molecule has 0 aromatic heterocycles. The SMILES string of the molecule is CC(=O)[C@H]1CC[C@H]2[C@@H]3CCC4=CCC(O)C[C@]4(C)[C@H]3CC[C@]12C. The van der Waals surface area contributed by atoms with Gasteiger partial charge >= 0.3 is 0 Å². The Morgan fingerprint density at radius 3 is 2.70 bits per heavy atom. The zero-order valence-electron chi connectivity index (χ0n) is 15.0. The number of carbonyl (C=O) groups excluding carboxylic acids is 1. The van der Waals surface area contributed by atoms with E-state index in [0.717, 1.165) is 37.0 Å². The van der Waals surface area contributed by atoms with Crippen LogP contribution in [0.2, 0.25) is 0 Å². The molecule has 23 heavy (non-hydrogen) atoms. The Bertz CT molecular complexity index is 550. The average molecular weight is 316 g/mol. The topological polar surface area (TPSA) is 37.3 Å². The zero-order valence-corrected chi connectivity index (χ0v) is 15.0. The van der Waals surface area contributed by atoms with Gasteiger partial charge in [0.25, 0.3) is 0 Å². The van der Waals surface area contributed by atoms with E-state index >= 15 is 0 Å². The molecular formula is C21H32O2. The highest BCUT2D eigenvalue weighted by atomic mass is 16.3. The third kappa shape index (κ3) is 2.13. The van der Waals surface area contributed by atoms with Gasteiger partial charge in [-0.1, -0.05) is 25.5 Å². The van der Waals surface area contributed by atoms with Crippen LogP contribution in [0.1, 0.15) is 72.1 Å². The summed E-state index contributed by atoms with van der Waals surface area (Å²) in [6, 6.07) is 0. The Kier molecular flexibility index (Phi) is 3.58. The molecule has 2 heteroatoms. The summed E-state index contributed by atoms with van der Waals surface area (Å²) < 4.78 is 0. The van der Waals surface area contributed by atoms with Gasteiger partial charge in [-0.2, -0.15) is 0 Å². The number of carbonyl (C=O) groups is 1. The number of allylic oxidation sites excluding steroid dienone is 1. The smallest absolute Gasteiger partial charge is 0.133 e. The lowest BCUT2D eigenvalue weighted by molar-refractivity contribution is -0.128. The quantitative estimate of drug-likeness (QED) is 0.722. The molecule has 0 radical (unpaired) electrons. The Labute approximate surface area is 140 Å². The lowest BCUT2D eigenvalue weighted by atomic mass is 9.46. The first-order valence-corrected chi connectivity index (χ1v) is 9.74. The van der Waals surface area contributed by atoms with Crippen LogP contribution in [0.5, 0.6) is 0 Å². The van der Waals surface area contributed by atoms with Crippen LogP contribution >= 0.6 is 0 Å². The van der Waals surface area contributed by atoms with Crippen molar-refractivity contribution in [2.24, 2.45) is 34.5 Å². The third-order valence-electron chi connectivity index (χ3n) is 8.52. The van der Waals surface area contributed by atoms with Crippen LogP contribution in [-0.2, 0) is 4.79 Å². The molecule has 0 spiro atoms. The van der Waals surface area contributed by atoms with Gasteiger partial charge in [0, 0.05) is 5.92 Å². The van der Waals surface area contributed by atoms with E-state index < -0.39 is 0 Å². The highest BCUT2D eigenvalue weighted by Gasteiger charge is 2.59. The molecule has 0 aromatic rings. The number of fused-ring (bicyclic) bond motifs is 5. The number of aliphatic hydroxyl groups is 1. The summed E-state index contributed by atoms with van der Waals surface area (Å²) in [5.74, 6) is 2.94. The van der Waals surface area contributed by atoms with Gasteiger partial charge in [0.1, 0.15) is 5.78 Å². The maximum absolute atomic E-state index is 12.2. The largest absolute Gasteiger partial charge is 0.393 e. The van der Waals surface area contributed by atoms with Gasteiger partial charge in [0.15, 0.2) is 0 Å². The van der Waals surface area contributed by atoms with E-state index in [2.05, 4.69) is 19.9 Å². The Morgan fingerprint density at radius 1 is 1.17 bits per heavy atom. The van der Waals surface area contributed by atoms with Gasteiger partial charge < -0.3 is 5.11 Å². The van der Waals surface area contributed by atoms with Gasteiger partial charge in [0.05, 0.1) is 6.10 Å². The first-order valence-electron chi connectivity index (χ1n) is 9.74. The Morgan fingerprint density at radius 2 is 1.96 bits per heavy atom. The van der Waals surface area contributed by atoms with Crippen molar-refractivity contribution in [1.29, 1.82) is 0 Å². The zero-order chi connectivity index (χ0) is 16.4. The Balaban J connectivity index is 1.66. The predicted octanol–water partition coefficient (Wildman–Crippen LogP) is 4.52. The molecule has 2 nitrogen and oxygen atoms in total. The minimum atomic E-state index is -0.149. The van der Waals surface area contributed by atoms with Crippen LogP contribution in [0.3, 0.4) is 0 Å². The summed E-state index contributed by atoms with van der Waals surface area (Å²) in [5.41, 5.74) is 2.10. The number of rotatable bonds is 1. The molecule has 1 N–H and O–H groups in total. The number of ketones is 1. The molecule has 0 aromatic carbocycles. The molecule has 0 heterocycles. The molecule has 4 aliphatic carbocycles. The lowest BCUT2D eigenvalue weighted by Crippen LogP contribution is -2.51. The Hall–Kier alpha value is -0.630. The molecule has 4 aliphatic rings. The lowest BCUT2D eigenvalue weighted by Gasteiger charge is -2.58. The standard InChI is InChI=1S/C21H32O2/c1-13(22)17-8-9-18-16-7-5-14-4-6-15(23)12-21(14,3)19(16)10-11-20(17,18)2/h4,15-19,23H,5-12H2,1-3H3/t15?,16-,17+,18-,19-,20+,21-/m0/s1. The molecule has 0 aliphatic heterocycles. The molecule has 0 amide bonds. The molecule has 3 fully saturated rings. The molecule has 7 atom stereocenters. The third-order valence-corrected chi connectivity index (χ3v) is 8.52. The van der Waals surface area contributed by atoms with E-state index in [4.69, 9.17) is 0 Å². The molecule has 0 bridgehead atoms. The van der Waals surface area contributed by atoms with Crippen molar-refractivity contribution in [3.05, 3.63) is 11.6 Å². The van der Waals surface area contributed by atoms with Crippen molar-refractivity contribution >= 4 is 5.78 Å². The molecular weight excluding hydrogens is 284 g/mol. The molecule has 3 saturated carbocycles. The van der Waals surface area contributed by atoms with Crippen molar-refractivity contribution in [3.8, 4) is 0 Å². The maximum atomic E-state index is 12.2. The molecule has 4 rings (SSSR count). The summed E-state index contributed by atoms with van der Waals surface area (Å²) in [6.45, 7) is 6.65. The van der Waals surface area contributed by atoms with Gasteiger partial charge in [-0.05, 0) is 86.9 Å². The second-order valence-corrected chi connectivity index (χ2v) is 9.44. The maximum Gasteiger partial charge on any atom is 0.133 e. The summed E-state index contributed by atoms with van der Waals surface area (Å²) in [6.07, 6.45) is 11.4. The van der Waals surface area contributed by atoms with Crippen molar-refractivity contribution < 1.29 is 9.90 Å². The monoisotopic (exact) mass is 316 g/mol. The van der Waals surface area contributed by atoms with Crippen molar-refractivity contribution in [1.82, 2.24) is 0 Å². The van der Waals surface area contributed by atoms with E-state index in [0.29, 0.717) is 11.7 Å². The summed E-state index contributed by atoms with van der Waals surface area (Å²) in [7, 11) is 0. The van der Waals surface area contributed by atoms with E-state index in [-0.39, 0.29) is 16.9 Å². The van der Waals surface area contributed by atoms with Crippen LogP contribution < -0.4 is 0 Å². The summed E-state index contributed by atoms with van der Waals surface area (Å²) >= 11 is 0. The minimum Gasteiger partial charge on any atom is -0.393 e. The number of aliphatic hydroxyl groups excluding tert-OH is 1. The van der Waals surface area contributed by atoms with Crippen LogP contribution in [0.15, 0.2) is 11.6 Å². The molecule has 1 unspecified atom stereocenters. The number of Topliss-reactive ketones (excluding diaryl/α,β-unsaturated/α-hetero) is 1. The molecule has 128 valence electrons. The van der Waals surface area contributed by atoms with Crippen molar-refractivity contribution in [3.63, 3.8) is 0 Å². The van der Waals surface area contributed by atoms with Crippen LogP contribution in [0.4, 0.5) is 0 Å². The van der Waals surface area contributed by atoms with E-state index in [1.54, 1.807) is 5.57 Å². The normalized spacial score (nSPS) is 52.2. The number of hydrogen-bond acceptors (Lipinski definition) is 2. The predicted molar refractivity (Wildman–Crippen MR) is 91.9 cm³/mol. The first-order chi connectivity index (χ1) is 10.9. The van der Waals surface area contributed by atoms with Gasteiger partial charge in [0.2, 0.25) is 0 Å². The van der Waals surface area contributed by atoms with Gasteiger partial charge in [-0.3, -0.25) is 4.79 Å². The summed E-state index contributed by atoms with van der Waals surface area (Å²) in [5, 5.41) is 10.3. The van der Waals surface area contributed by atoms with E-state index in [1.807, 2.05) is 6.92 Å². The van der Waals surface area contributed by atoms with Crippen molar-refractivity contribution in [2.75, 3.05) is 0 Å². The highest BCUT2D eigenvalue weighted by Crippen LogP contribution is 2.66. The average Bonchev–Trinajstić information content (AvgIpc) is 2.83. The summed E-state index contributed by atoms with van der Waals surface area (Å²) in [4.78, 5) is 12.2. The fourth-order valence-electron chi connectivity index (χ4n) is 7.46. The van der Waals surface area contributed by atoms with Gasteiger partial charge in [-0.25, -0.2) is 0 Å². The molecule has 0 saturated heterocycles. The van der Waals surface area contributed by atoms with Crippen LogP contribution in [0.25, 0.3) is 0 Å². The van der Waals surface area contributed by atoms with Crippen molar-refractivity contribution in [2.45, 2.75) is 78.2 Å². The fourth-order valence-corrected chi connectivity index (χ4v) is 7.46. The van der Waals surface area contributed by atoms with Gasteiger partial charge in [-0.15, -0.1) is 0 Å². The van der Waals surface area contributed by atoms with Crippen LogP contribution in [0, 0.1) is 34.5 Å². The fraction of sp³-hybridized carbons (Fsp3) is 0.857. The minimum absolute atomic E-state index is 0.149. The van der Waals surface area contributed by atoms with E-state index in [1.165, 1.54) is 32.1 Å². The second-order valence-electron chi connectivity index (χ2n) is 9.44. The number of hydrogen-bond donors (Lipinski definition) is 1. The highest BCUT2D eigenvalue weighted by molar-refractivity contribution is 5.79. The van der Waals surface area contributed by atoms with E-state index in [9.17, 15) is 9.90 Å². The first kappa shape index (κ1) is 15.9.